The van der Waals surface area contributed by atoms with Crippen LogP contribution in [0, 0.1) is 6.92 Å². The minimum absolute atomic E-state index is 0.163. The van der Waals surface area contributed by atoms with E-state index in [2.05, 4.69) is 15.3 Å². The van der Waals surface area contributed by atoms with Crippen molar-refractivity contribution in [3.05, 3.63) is 76.4 Å². The predicted molar refractivity (Wildman–Crippen MR) is 125 cm³/mol. The number of hydrogen-bond donors (Lipinski definition) is 2. The van der Waals surface area contributed by atoms with E-state index in [9.17, 15) is 18.0 Å². The lowest BCUT2D eigenvalue weighted by molar-refractivity contribution is -0.138. The highest BCUT2D eigenvalue weighted by molar-refractivity contribution is 6.32. The van der Waals surface area contributed by atoms with Crippen LogP contribution in [0.3, 0.4) is 0 Å². The summed E-state index contributed by atoms with van der Waals surface area (Å²) in [4.78, 5) is 20.9. The topological polar surface area (TPSA) is 90.1 Å². The molecule has 1 aromatic heterocycles. The molecular weight excluding hydrogens is 469 g/mol. The molecule has 3 aromatic carbocycles. The number of carbonyl (C=O) groups is 1. The molecule has 0 aliphatic rings. The summed E-state index contributed by atoms with van der Waals surface area (Å²) in [6.07, 6.45) is -3.07. The Balaban J connectivity index is 1.69. The Morgan fingerprint density at radius 3 is 2.59 bits per heavy atom. The first kappa shape index (κ1) is 23.3. The van der Waals surface area contributed by atoms with Crippen LogP contribution in [0.25, 0.3) is 22.0 Å². The second kappa shape index (κ2) is 8.83. The Kier molecular flexibility index (Phi) is 6.05. The van der Waals surface area contributed by atoms with Crippen molar-refractivity contribution in [1.82, 2.24) is 9.97 Å². The monoisotopic (exact) mass is 486 g/mol. The molecule has 0 aliphatic heterocycles. The maximum absolute atomic E-state index is 13.3. The van der Waals surface area contributed by atoms with Crippen molar-refractivity contribution in [1.29, 1.82) is 0 Å². The van der Waals surface area contributed by atoms with Crippen LogP contribution in [0.15, 0.2) is 54.7 Å². The first-order valence-electron chi connectivity index (χ1n) is 9.96. The summed E-state index contributed by atoms with van der Waals surface area (Å²) in [5.74, 6) is -0.926. The van der Waals surface area contributed by atoms with Crippen molar-refractivity contribution < 1.29 is 22.7 Å². The number of anilines is 2. The van der Waals surface area contributed by atoms with Gasteiger partial charge in [0.2, 0.25) is 5.95 Å². The van der Waals surface area contributed by atoms with Gasteiger partial charge in [-0.25, -0.2) is 9.97 Å². The van der Waals surface area contributed by atoms with Gasteiger partial charge in [0.05, 0.1) is 18.2 Å². The summed E-state index contributed by atoms with van der Waals surface area (Å²) in [6.45, 7) is 1.83. The number of methoxy groups -OCH3 is 1. The number of aromatic nitrogens is 2. The smallest absolute Gasteiger partial charge is 0.419 e. The summed E-state index contributed by atoms with van der Waals surface area (Å²) in [7, 11) is 1.13. The Hall–Kier alpha value is -3.85. The number of alkyl halides is 3. The number of benzene rings is 3. The first-order valence-corrected chi connectivity index (χ1v) is 10.3. The summed E-state index contributed by atoms with van der Waals surface area (Å²) in [5, 5.41) is 3.76. The zero-order chi connectivity index (χ0) is 24.6. The molecule has 174 valence electrons. The van der Waals surface area contributed by atoms with Crippen LogP contribution in [0.1, 0.15) is 21.5 Å². The molecule has 0 saturated carbocycles. The van der Waals surface area contributed by atoms with Gasteiger partial charge in [0.15, 0.2) is 0 Å². The van der Waals surface area contributed by atoms with Gasteiger partial charge in [0, 0.05) is 27.9 Å². The fourth-order valence-electron chi connectivity index (χ4n) is 3.54. The Bertz CT molecular complexity index is 1420. The number of nitrogen functional groups attached to an aromatic ring is 1. The lowest BCUT2D eigenvalue weighted by Crippen LogP contribution is -2.15. The average molecular weight is 487 g/mol. The fourth-order valence-corrected chi connectivity index (χ4v) is 3.76. The number of hydrogen-bond acceptors (Lipinski definition) is 5. The van der Waals surface area contributed by atoms with E-state index in [1.807, 2.05) is 19.1 Å². The van der Waals surface area contributed by atoms with E-state index in [0.717, 1.165) is 41.3 Å². The van der Waals surface area contributed by atoms with E-state index in [4.69, 9.17) is 22.1 Å². The normalized spacial score (nSPS) is 11.5. The van der Waals surface area contributed by atoms with Crippen LogP contribution < -0.4 is 15.8 Å². The maximum atomic E-state index is 13.3. The summed E-state index contributed by atoms with van der Waals surface area (Å²) in [6, 6.07) is 11.8. The summed E-state index contributed by atoms with van der Waals surface area (Å²) < 4.78 is 44.8. The zero-order valence-corrected chi connectivity index (χ0v) is 18.8. The molecule has 0 bridgehead atoms. The van der Waals surface area contributed by atoms with Crippen molar-refractivity contribution >= 4 is 40.0 Å². The molecular formula is C24H18ClF3N4O2. The van der Waals surface area contributed by atoms with E-state index in [1.165, 1.54) is 12.1 Å². The van der Waals surface area contributed by atoms with E-state index in [0.29, 0.717) is 16.2 Å². The van der Waals surface area contributed by atoms with Gasteiger partial charge in [-0.15, -0.1) is 0 Å². The van der Waals surface area contributed by atoms with Gasteiger partial charge >= 0.3 is 6.18 Å². The Labute approximate surface area is 197 Å². The first-order chi connectivity index (χ1) is 16.1. The van der Waals surface area contributed by atoms with E-state index >= 15 is 0 Å². The molecule has 0 spiro atoms. The van der Waals surface area contributed by atoms with Crippen LogP contribution in [0.2, 0.25) is 5.02 Å². The van der Waals surface area contributed by atoms with Gasteiger partial charge < -0.3 is 15.8 Å². The SMILES string of the molecule is COc1ccc(C(=O)Nc2cc(Cl)c(C)c(-c3ccc4nc(N)ncc4c3)c2)cc1C(F)(F)F. The van der Waals surface area contributed by atoms with Gasteiger partial charge in [-0.05, 0) is 66.1 Å². The van der Waals surface area contributed by atoms with Crippen molar-refractivity contribution in [3.8, 4) is 16.9 Å². The Morgan fingerprint density at radius 2 is 1.88 bits per heavy atom. The average Bonchev–Trinajstić information content (AvgIpc) is 2.80. The third-order valence-corrected chi connectivity index (χ3v) is 5.67. The van der Waals surface area contributed by atoms with Crippen LogP contribution in [-0.4, -0.2) is 23.0 Å². The minimum atomic E-state index is -4.67. The second-order valence-electron chi connectivity index (χ2n) is 7.50. The van der Waals surface area contributed by atoms with Crippen LogP contribution >= 0.6 is 11.6 Å². The molecule has 34 heavy (non-hydrogen) atoms. The quantitative estimate of drug-likeness (QED) is 0.362. The van der Waals surface area contributed by atoms with Gasteiger partial charge in [0.25, 0.3) is 5.91 Å². The fraction of sp³-hybridized carbons (Fsp3) is 0.125. The molecule has 0 unspecified atom stereocenters. The second-order valence-corrected chi connectivity index (χ2v) is 7.91. The molecule has 1 amide bonds. The lowest BCUT2D eigenvalue weighted by Gasteiger charge is -2.15. The molecule has 0 atom stereocenters. The van der Waals surface area contributed by atoms with Gasteiger partial charge in [0.1, 0.15) is 5.75 Å². The molecule has 0 aliphatic carbocycles. The van der Waals surface area contributed by atoms with Gasteiger partial charge in [-0.3, -0.25) is 4.79 Å². The summed E-state index contributed by atoms with van der Waals surface area (Å²) in [5.41, 5.74) is 7.70. The van der Waals surface area contributed by atoms with Crippen molar-refractivity contribution in [3.63, 3.8) is 0 Å². The zero-order valence-electron chi connectivity index (χ0n) is 18.0. The maximum Gasteiger partial charge on any atom is 0.419 e. The number of nitrogens with two attached hydrogens (primary N) is 1. The van der Waals surface area contributed by atoms with Crippen LogP contribution in [0.5, 0.6) is 5.75 Å². The standard InChI is InChI=1S/C24H18ClF3N4O2/c1-12-17(13-3-5-20-15(7-13)11-30-23(29)32-20)9-16(10-19(12)25)31-22(33)14-4-6-21(34-2)18(8-14)24(26,27)28/h3-11H,1-2H3,(H,31,33)(H2,29,30,32). The number of amides is 1. The van der Waals surface area contributed by atoms with Crippen molar-refractivity contribution in [2.45, 2.75) is 13.1 Å². The number of halogens is 4. The van der Waals surface area contributed by atoms with Crippen molar-refractivity contribution in [2.75, 3.05) is 18.2 Å². The number of fused-ring (bicyclic) bond motifs is 1. The molecule has 0 saturated heterocycles. The van der Waals surface area contributed by atoms with Crippen molar-refractivity contribution in [2.24, 2.45) is 0 Å². The molecule has 1 heterocycles. The Morgan fingerprint density at radius 1 is 1.12 bits per heavy atom. The predicted octanol–water partition coefficient (Wildman–Crippen LogP) is 6.12. The lowest BCUT2D eigenvalue weighted by atomic mass is 9.98. The van der Waals surface area contributed by atoms with Gasteiger partial charge in [-0.2, -0.15) is 13.2 Å². The highest BCUT2D eigenvalue weighted by Gasteiger charge is 2.35. The minimum Gasteiger partial charge on any atom is -0.496 e. The third-order valence-electron chi connectivity index (χ3n) is 5.28. The molecule has 3 N–H and O–H groups in total. The number of nitrogens with zero attached hydrogens (tertiary/aromatic N) is 2. The number of carbonyl (C=O) groups excluding carboxylic acids is 1. The highest BCUT2D eigenvalue weighted by atomic mass is 35.5. The molecule has 4 aromatic rings. The van der Waals surface area contributed by atoms with Gasteiger partial charge in [-0.1, -0.05) is 17.7 Å². The highest BCUT2D eigenvalue weighted by Crippen LogP contribution is 2.37. The summed E-state index contributed by atoms with van der Waals surface area (Å²) >= 11 is 6.40. The molecule has 10 heteroatoms. The van der Waals surface area contributed by atoms with E-state index < -0.39 is 17.6 Å². The van der Waals surface area contributed by atoms with E-state index in [-0.39, 0.29) is 17.3 Å². The number of rotatable bonds is 4. The number of nitrogens with one attached hydrogen (secondary N) is 1. The third kappa shape index (κ3) is 4.60. The molecule has 4 rings (SSSR count). The van der Waals surface area contributed by atoms with Crippen LogP contribution in [-0.2, 0) is 6.18 Å². The number of ether oxygens (including phenoxy) is 1. The molecule has 0 radical (unpaired) electrons. The van der Waals surface area contributed by atoms with E-state index in [1.54, 1.807) is 18.3 Å². The molecule has 6 nitrogen and oxygen atoms in total. The largest absolute Gasteiger partial charge is 0.496 e. The molecule has 0 fully saturated rings. The van der Waals surface area contributed by atoms with Crippen LogP contribution in [0.4, 0.5) is 24.8 Å².